The fraction of sp³-hybridized carbons (Fsp3) is 1.00. The Hall–Kier alpha value is -0.0800. The molecule has 4 aliphatic rings. The molecule has 6 atom stereocenters. The summed E-state index contributed by atoms with van der Waals surface area (Å²) in [6.07, 6.45) is 23.2. The van der Waals surface area contributed by atoms with Crippen LogP contribution in [0.1, 0.15) is 144 Å². The third kappa shape index (κ3) is 5.16. The summed E-state index contributed by atoms with van der Waals surface area (Å²) < 4.78 is 0. The van der Waals surface area contributed by atoms with Gasteiger partial charge in [0.1, 0.15) is 0 Å². The number of fused-ring (bicyclic) bond motifs is 2. The number of hydrogen-bond acceptors (Lipinski definition) is 2. The van der Waals surface area contributed by atoms with Crippen molar-refractivity contribution in [1.29, 1.82) is 0 Å². The van der Waals surface area contributed by atoms with Gasteiger partial charge in [-0.3, -0.25) is 9.80 Å². The predicted molar refractivity (Wildman–Crippen MR) is 148 cm³/mol. The molecule has 0 spiro atoms. The van der Waals surface area contributed by atoms with Gasteiger partial charge in [0.2, 0.25) is 0 Å². The average Bonchev–Trinajstić information content (AvgIpc) is 2.78. The van der Waals surface area contributed by atoms with Gasteiger partial charge in [0, 0.05) is 23.2 Å². The van der Waals surface area contributed by atoms with Crippen LogP contribution in [-0.4, -0.2) is 47.1 Å². The maximum absolute atomic E-state index is 2.76. The van der Waals surface area contributed by atoms with Crippen LogP contribution in [0.15, 0.2) is 0 Å². The molecule has 198 valence electrons. The average molecular weight is 473 g/mol. The molecule has 2 nitrogen and oxygen atoms in total. The standard InChI is InChI=1S/C32H60N2/c1-29(2)23-31(5,25-17-11-13-19-27(25)33(29)7)21-15-9-10-16-22-32(6)24-30(3,4)34(8)28-20-14-12-18-26(28)32/h25-28H,9-24H2,1-8H3. The Morgan fingerprint density at radius 3 is 1.26 bits per heavy atom. The molecule has 2 aliphatic heterocycles. The maximum atomic E-state index is 2.76. The van der Waals surface area contributed by atoms with E-state index in [1.807, 2.05) is 0 Å². The van der Waals surface area contributed by atoms with Crippen molar-refractivity contribution in [1.82, 2.24) is 9.80 Å². The first-order valence-electron chi connectivity index (χ1n) is 15.4. The number of likely N-dealkylation sites (tertiary alicyclic amines) is 2. The van der Waals surface area contributed by atoms with E-state index in [1.54, 1.807) is 0 Å². The first-order valence-corrected chi connectivity index (χ1v) is 15.4. The van der Waals surface area contributed by atoms with Gasteiger partial charge in [-0.05, 0) is 116 Å². The number of nitrogens with zero attached hydrogens (tertiary/aromatic N) is 2. The fourth-order valence-corrected chi connectivity index (χ4v) is 10.1. The Balaban J connectivity index is 1.28. The Bertz CT molecular complexity index is 624. The van der Waals surface area contributed by atoms with Gasteiger partial charge in [0.05, 0.1) is 0 Å². The van der Waals surface area contributed by atoms with Gasteiger partial charge >= 0.3 is 0 Å². The lowest BCUT2D eigenvalue weighted by atomic mass is 9.57. The summed E-state index contributed by atoms with van der Waals surface area (Å²) in [5.74, 6) is 1.87. The second-order valence-corrected chi connectivity index (χ2v) is 15.3. The fourth-order valence-electron chi connectivity index (χ4n) is 10.1. The van der Waals surface area contributed by atoms with Gasteiger partial charge in [0.15, 0.2) is 0 Å². The summed E-state index contributed by atoms with van der Waals surface area (Å²) in [5, 5.41) is 0. The number of piperidine rings is 2. The first kappa shape index (κ1) is 27.0. The number of hydrogen-bond donors (Lipinski definition) is 0. The van der Waals surface area contributed by atoms with Crippen molar-refractivity contribution in [2.24, 2.45) is 22.7 Å². The molecule has 2 saturated heterocycles. The summed E-state index contributed by atoms with van der Waals surface area (Å²) in [4.78, 5) is 5.53. The summed E-state index contributed by atoms with van der Waals surface area (Å²) in [5.41, 5.74) is 1.83. The van der Waals surface area contributed by atoms with Gasteiger partial charge < -0.3 is 0 Å². The molecule has 0 amide bonds. The molecule has 2 heteroatoms. The Labute approximate surface area is 214 Å². The SMILES string of the molecule is CN1C2CCCCC2C(C)(CCCCCCC2(C)CC(C)(C)N(C)C3CCCCC32)CC1(C)C. The van der Waals surface area contributed by atoms with Crippen LogP contribution in [0.3, 0.4) is 0 Å². The molecule has 4 rings (SSSR count). The van der Waals surface area contributed by atoms with Crippen molar-refractivity contribution < 1.29 is 0 Å². The van der Waals surface area contributed by atoms with Gasteiger partial charge in [-0.25, -0.2) is 0 Å². The largest absolute Gasteiger partial charge is 0.298 e. The minimum atomic E-state index is 0.360. The Kier molecular flexibility index (Phi) is 7.93. The van der Waals surface area contributed by atoms with Crippen LogP contribution in [0.2, 0.25) is 0 Å². The molecule has 2 saturated carbocycles. The van der Waals surface area contributed by atoms with Crippen LogP contribution in [0.25, 0.3) is 0 Å². The zero-order valence-corrected chi connectivity index (χ0v) is 24.5. The van der Waals surface area contributed by atoms with Crippen LogP contribution < -0.4 is 0 Å². The minimum absolute atomic E-state index is 0.360. The highest BCUT2D eigenvalue weighted by atomic mass is 15.2. The lowest BCUT2D eigenvalue weighted by Crippen LogP contribution is -2.61. The van der Waals surface area contributed by atoms with E-state index >= 15 is 0 Å². The quantitative estimate of drug-likeness (QED) is 0.342. The Morgan fingerprint density at radius 1 is 0.529 bits per heavy atom. The monoisotopic (exact) mass is 472 g/mol. The second-order valence-electron chi connectivity index (χ2n) is 15.3. The highest BCUT2D eigenvalue weighted by Gasteiger charge is 2.52. The number of rotatable bonds is 7. The van der Waals surface area contributed by atoms with Crippen LogP contribution in [0.4, 0.5) is 0 Å². The normalized spacial score (nSPS) is 42.7. The number of unbranched alkanes of at least 4 members (excludes halogenated alkanes) is 3. The van der Waals surface area contributed by atoms with E-state index in [4.69, 9.17) is 0 Å². The molecule has 6 unspecified atom stereocenters. The minimum Gasteiger partial charge on any atom is -0.298 e. The molecular formula is C32H60N2. The van der Waals surface area contributed by atoms with Gasteiger partial charge in [-0.1, -0.05) is 65.2 Å². The summed E-state index contributed by atoms with van der Waals surface area (Å²) >= 11 is 0. The highest BCUT2D eigenvalue weighted by molar-refractivity contribution is 5.06. The van der Waals surface area contributed by atoms with E-state index in [2.05, 4.69) is 65.4 Å². The summed E-state index contributed by atoms with van der Waals surface area (Å²) in [7, 11) is 4.84. The molecule has 0 aromatic heterocycles. The Morgan fingerprint density at radius 2 is 0.882 bits per heavy atom. The van der Waals surface area contributed by atoms with Crippen molar-refractivity contribution in [2.75, 3.05) is 14.1 Å². The second kappa shape index (κ2) is 10.00. The van der Waals surface area contributed by atoms with E-state index in [0.29, 0.717) is 21.9 Å². The van der Waals surface area contributed by atoms with Crippen LogP contribution >= 0.6 is 0 Å². The molecular weight excluding hydrogens is 412 g/mol. The molecule has 4 fully saturated rings. The van der Waals surface area contributed by atoms with Gasteiger partial charge in [-0.15, -0.1) is 0 Å². The predicted octanol–water partition coefficient (Wildman–Crippen LogP) is 8.69. The third-order valence-corrected chi connectivity index (χ3v) is 12.1. The molecule has 0 aromatic carbocycles. The van der Waals surface area contributed by atoms with Crippen LogP contribution in [0, 0.1) is 22.7 Å². The smallest absolute Gasteiger partial charge is 0.0158 e. The lowest BCUT2D eigenvalue weighted by molar-refractivity contribution is -0.0956. The molecule has 2 heterocycles. The van der Waals surface area contributed by atoms with Crippen LogP contribution in [0.5, 0.6) is 0 Å². The van der Waals surface area contributed by atoms with Crippen LogP contribution in [-0.2, 0) is 0 Å². The van der Waals surface area contributed by atoms with Gasteiger partial charge in [0.25, 0.3) is 0 Å². The topological polar surface area (TPSA) is 6.48 Å². The zero-order chi connectivity index (χ0) is 24.8. The molecule has 0 radical (unpaired) electrons. The summed E-state index contributed by atoms with van der Waals surface area (Å²) in [6.45, 7) is 15.4. The molecule has 0 bridgehead atoms. The molecule has 34 heavy (non-hydrogen) atoms. The molecule has 2 aliphatic carbocycles. The first-order chi connectivity index (χ1) is 15.9. The van der Waals surface area contributed by atoms with Crippen molar-refractivity contribution in [3.05, 3.63) is 0 Å². The van der Waals surface area contributed by atoms with E-state index in [0.717, 1.165) is 23.9 Å². The van der Waals surface area contributed by atoms with E-state index in [1.165, 1.54) is 103 Å². The van der Waals surface area contributed by atoms with E-state index in [-0.39, 0.29) is 0 Å². The van der Waals surface area contributed by atoms with E-state index < -0.39 is 0 Å². The van der Waals surface area contributed by atoms with Crippen molar-refractivity contribution >= 4 is 0 Å². The maximum Gasteiger partial charge on any atom is 0.0158 e. The highest BCUT2D eigenvalue weighted by Crippen LogP contribution is 2.55. The van der Waals surface area contributed by atoms with Gasteiger partial charge in [-0.2, -0.15) is 0 Å². The third-order valence-electron chi connectivity index (χ3n) is 12.1. The van der Waals surface area contributed by atoms with Crippen molar-refractivity contribution in [3.8, 4) is 0 Å². The lowest BCUT2D eigenvalue weighted by Gasteiger charge is -2.60. The zero-order valence-electron chi connectivity index (χ0n) is 24.5. The van der Waals surface area contributed by atoms with Crippen molar-refractivity contribution in [2.45, 2.75) is 167 Å². The van der Waals surface area contributed by atoms with E-state index in [9.17, 15) is 0 Å². The summed E-state index contributed by atoms with van der Waals surface area (Å²) in [6, 6.07) is 1.66. The molecule has 0 aromatic rings. The van der Waals surface area contributed by atoms with Crippen molar-refractivity contribution in [3.63, 3.8) is 0 Å². The molecule has 0 N–H and O–H groups in total.